The number of carbonyl (C=O) groups excluding carboxylic acids is 1. The molecule has 1 aliphatic rings. The molecule has 1 amide bonds. The summed E-state index contributed by atoms with van der Waals surface area (Å²) in [6.07, 6.45) is 0.699. The van der Waals surface area contributed by atoms with Crippen LogP contribution in [0.3, 0.4) is 0 Å². The topological polar surface area (TPSA) is 75.7 Å². The van der Waals surface area contributed by atoms with E-state index in [4.69, 9.17) is 16.3 Å². The molecule has 156 valence electrons. The van der Waals surface area contributed by atoms with Gasteiger partial charge in [-0.05, 0) is 59.8 Å². The highest BCUT2D eigenvalue weighted by Gasteiger charge is 2.29. The molecule has 2 heterocycles. The number of ether oxygens (including phenoxy) is 1. The highest BCUT2D eigenvalue weighted by Crippen LogP contribution is 2.29. The fourth-order valence-electron chi connectivity index (χ4n) is 3.32. The molecule has 3 aromatic rings. The molecule has 6 nitrogen and oxygen atoms in total. The van der Waals surface area contributed by atoms with Crippen LogP contribution in [0.25, 0.3) is 0 Å². The molecule has 0 fully saturated rings. The van der Waals surface area contributed by atoms with Crippen LogP contribution in [-0.4, -0.2) is 32.3 Å². The molecule has 0 saturated carbocycles. The summed E-state index contributed by atoms with van der Waals surface area (Å²) in [5.74, 6) is 0.0742. The number of methoxy groups -OCH3 is 1. The third kappa shape index (κ3) is 4.09. The second-order valence-corrected chi connectivity index (χ2v) is 10.1. The molecule has 4 rings (SSSR count). The quantitative estimate of drug-likeness (QED) is 0.609. The van der Waals surface area contributed by atoms with E-state index in [-0.39, 0.29) is 10.5 Å². The molecular formula is C21H19ClN2O4S2. The number of rotatable bonds is 5. The van der Waals surface area contributed by atoms with Gasteiger partial charge in [-0.25, -0.2) is 8.42 Å². The van der Waals surface area contributed by atoms with Crippen molar-refractivity contribution in [1.29, 1.82) is 0 Å². The molecule has 0 unspecified atom stereocenters. The Bertz CT molecular complexity index is 1210. The van der Waals surface area contributed by atoms with Crippen molar-refractivity contribution in [2.75, 3.05) is 19.0 Å². The van der Waals surface area contributed by atoms with E-state index >= 15 is 0 Å². The largest absolute Gasteiger partial charge is 0.495 e. The third-order valence-corrected chi connectivity index (χ3v) is 8.08. The SMILES string of the molecule is COc1ccc(NC(=O)c2cccc(S(=O)(=O)N3CCc4sccc4C3)c2)cc1Cl. The highest BCUT2D eigenvalue weighted by molar-refractivity contribution is 7.89. The maximum absolute atomic E-state index is 13.1. The standard InChI is InChI=1S/C21H19ClN2O4S2/c1-28-19-6-5-16(12-18(19)22)23-21(25)14-3-2-4-17(11-14)30(26,27)24-9-7-20-15(13-24)8-10-29-20/h2-6,8,10-12H,7,9,13H2,1H3,(H,23,25). The zero-order chi connectivity index (χ0) is 21.3. The van der Waals surface area contributed by atoms with Crippen LogP contribution in [-0.2, 0) is 23.0 Å². The van der Waals surface area contributed by atoms with E-state index in [0.29, 0.717) is 36.0 Å². The number of hydrogen-bond acceptors (Lipinski definition) is 5. The first-order valence-electron chi connectivity index (χ1n) is 9.19. The van der Waals surface area contributed by atoms with Gasteiger partial charge in [0, 0.05) is 29.2 Å². The number of nitrogens with one attached hydrogen (secondary N) is 1. The van der Waals surface area contributed by atoms with Crippen molar-refractivity contribution < 1.29 is 17.9 Å². The Balaban J connectivity index is 1.55. The molecule has 2 aromatic carbocycles. The molecule has 1 aliphatic heterocycles. The number of sulfonamides is 1. The van der Waals surface area contributed by atoms with Crippen LogP contribution >= 0.6 is 22.9 Å². The predicted molar refractivity (Wildman–Crippen MR) is 118 cm³/mol. The highest BCUT2D eigenvalue weighted by atomic mass is 35.5. The number of carbonyl (C=O) groups is 1. The zero-order valence-electron chi connectivity index (χ0n) is 16.1. The van der Waals surface area contributed by atoms with Gasteiger partial charge in [-0.2, -0.15) is 4.31 Å². The molecule has 0 atom stereocenters. The lowest BCUT2D eigenvalue weighted by Crippen LogP contribution is -2.35. The normalized spacial score (nSPS) is 14.2. The van der Waals surface area contributed by atoms with Crippen molar-refractivity contribution in [3.05, 3.63) is 74.9 Å². The van der Waals surface area contributed by atoms with Gasteiger partial charge in [0.2, 0.25) is 10.0 Å². The van der Waals surface area contributed by atoms with Gasteiger partial charge in [-0.1, -0.05) is 17.7 Å². The Hall–Kier alpha value is -2.39. The molecule has 30 heavy (non-hydrogen) atoms. The van der Waals surface area contributed by atoms with Gasteiger partial charge in [-0.15, -0.1) is 11.3 Å². The van der Waals surface area contributed by atoms with Gasteiger partial charge in [0.1, 0.15) is 5.75 Å². The van der Waals surface area contributed by atoms with Crippen LogP contribution < -0.4 is 10.1 Å². The Morgan fingerprint density at radius 2 is 2.03 bits per heavy atom. The Kier molecular flexibility index (Phi) is 5.84. The first-order valence-corrected chi connectivity index (χ1v) is 11.9. The van der Waals surface area contributed by atoms with Gasteiger partial charge in [0.25, 0.3) is 5.91 Å². The third-order valence-electron chi connectivity index (χ3n) is 4.92. The van der Waals surface area contributed by atoms with Crippen LogP contribution in [0.5, 0.6) is 5.75 Å². The molecule has 1 N–H and O–H groups in total. The van der Waals surface area contributed by atoms with Gasteiger partial charge in [0.05, 0.1) is 17.0 Å². The minimum absolute atomic E-state index is 0.0987. The zero-order valence-corrected chi connectivity index (χ0v) is 18.5. The van der Waals surface area contributed by atoms with Crippen LogP contribution in [0, 0.1) is 0 Å². The number of halogens is 1. The minimum Gasteiger partial charge on any atom is -0.495 e. The lowest BCUT2D eigenvalue weighted by atomic mass is 10.1. The van der Waals surface area contributed by atoms with E-state index in [2.05, 4.69) is 5.32 Å². The summed E-state index contributed by atoms with van der Waals surface area (Å²) >= 11 is 7.75. The van der Waals surface area contributed by atoms with Crippen molar-refractivity contribution in [3.8, 4) is 5.75 Å². The minimum atomic E-state index is -3.71. The number of anilines is 1. The Labute approximate surface area is 184 Å². The van der Waals surface area contributed by atoms with E-state index in [9.17, 15) is 13.2 Å². The van der Waals surface area contributed by atoms with Gasteiger partial charge < -0.3 is 10.1 Å². The number of hydrogen-bond donors (Lipinski definition) is 1. The van der Waals surface area contributed by atoms with E-state index in [1.165, 1.54) is 28.4 Å². The summed E-state index contributed by atoms with van der Waals surface area (Å²) in [5.41, 5.74) is 1.77. The maximum atomic E-state index is 13.1. The lowest BCUT2D eigenvalue weighted by Gasteiger charge is -2.26. The smallest absolute Gasteiger partial charge is 0.255 e. The van der Waals surface area contributed by atoms with Crippen LogP contribution in [0.15, 0.2) is 58.8 Å². The van der Waals surface area contributed by atoms with Gasteiger partial charge in [0.15, 0.2) is 0 Å². The van der Waals surface area contributed by atoms with E-state index in [1.807, 2.05) is 11.4 Å². The molecule has 0 spiro atoms. The molecule has 0 bridgehead atoms. The van der Waals surface area contributed by atoms with Crippen molar-refractivity contribution >= 4 is 44.6 Å². The molecule has 9 heteroatoms. The second kappa shape index (κ2) is 8.39. The fourth-order valence-corrected chi connectivity index (χ4v) is 5.93. The van der Waals surface area contributed by atoms with Gasteiger partial charge in [-0.3, -0.25) is 4.79 Å². The Morgan fingerprint density at radius 1 is 1.20 bits per heavy atom. The molecular weight excluding hydrogens is 444 g/mol. The van der Waals surface area contributed by atoms with E-state index < -0.39 is 15.9 Å². The fraction of sp³-hybridized carbons (Fsp3) is 0.190. The predicted octanol–water partition coefficient (Wildman–Crippen LogP) is 4.41. The average Bonchev–Trinajstić information content (AvgIpc) is 3.22. The summed E-state index contributed by atoms with van der Waals surface area (Å²) in [6, 6.07) is 12.9. The van der Waals surface area contributed by atoms with Crippen LogP contribution in [0.1, 0.15) is 20.8 Å². The van der Waals surface area contributed by atoms with E-state index in [1.54, 1.807) is 41.7 Å². The first kappa shape index (κ1) is 20.9. The summed E-state index contributed by atoms with van der Waals surface area (Å²) in [7, 11) is -2.20. The molecule has 1 aromatic heterocycles. The summed E-state index contributed by atoms with van der Waals surface area (Å²) < 4.78 is 32.8. The van der Waals surface area contributed by atoms with Crippen molar-refractivity contribution in [1.82, 2.24) is 4.31 Å². The first-order chi connectivity index (χ1) is 14.4. The van der Waals surface area contributed by atoms with E-state index in [0.717, 1.165) is 5.56 Å². The van der Waals surface area contributed by atoms with Crippen molar-refractivity contribution in [3.63, 3.8) is 0 Å². The van der Waals surface area contributed by atoms with Crippen LogP contribution in [0.4, 0.5) is 5.69 Å². The van der Waals surface area contributed by atoms with Crippen molar-refractivity contribution in [2.24, 2.45) is 0 Å². The maximum Gasteiger partial charge on any atom is 0.255 e. The Morgan fingerprint density at radius 3 is 2.80 bits per heavy atom. The lowest BCUT2D eigenvalue weighted by molar-refractivity contribution is 0.102. The number of thiophene rings is 1. The van der Waals surface area contributed by atoms with Crippen LogP contribution in [0.2, 0.25) is 5.02 Å². The summed E-state index contributed by atoms with van der Waals surface area (Å²) in [5, 5.41) is 5.08. The number of nitrogens with zero attached hydrogens (tertiary/aromatic N) is 1. The van der Waals surface area contributed by atoms with Gasteiger partial charge >= 0.3 is 0 Å². The molecule has 0 aliphatic carbocycles. The second-order valence-electron chi connectivity index (χ2n) is 6.79. The average molecular weight is 463 g/mol. The number of amides is 1. The van der Waals surface area contributed by atoms with Crippen molar-refractivity contribution in [2.45, 2.75) is 17.9 Å². The summed E-state index contributed by atoms with van der Waals surface area (Å²) in [6.45, 7) is 0.776. The summed E-state index contributed by atoms with van der Waals surface area (Å²) in [4.78, 5) is 14.0. The molecule has 0 radical (unpaired) electrons. The number of fused-ring (bicyclic) bond motifs is 1. The molecule has 0 saturated heterocycles. The monoisotopic (exact) mass is 462 g/mol. The number of benzene rings is 2.